The minimum absolute atomic E-state index is 0.367. The second-order valence-electron chi connectivity index (χ2n) is 8.93. The number of benzene rings is 2. The van der Waals surface area contributed by atoms with Gasteiger partial charge in [0.15, 0.2) is 0 Å². The molecule has 3 aromatic rings. The molecule has 0 radical (unpaired) electrons. The van der Waals surface area contributed by atoms with E-state index in [1.807, 2.05) is 0 Å². The topological polar surface area (TPSA) is 42.1 Å². The highest BCUT2D eigenvalue weighted by Gasteiger charge is 2.47. The number of H-pyrrole nitrogens is 1. The summed E-state index contributed by atoms with van der Waals surface area (Å²) in [6.45, 7) is 15.8. The van der Waals surface area contributed by atoms with Crippen molar-refractivity contribution in [1.82, 2.24) is 4.98 Å². The fraction of sp³-hybridized carbons (Fsp3) is 0.458. The van der Waals surface area contributed by atoms with Gasteiger partial charge < -0.3 is 14.2 Å². The van der Waals surface area contributed by atoms with Crippen LogP contribution in [0.15, 0.2) is 30.3 Å². The van der Waals surface area contributed by atoms with E-state index in [4.69, 9.17) is 4.43 Å². The number of carbonyl (C=O) groups excluding carboxylic acids is 1. The number of aryl methyl sites for hydroxylation is 1. The predicted molar refractivity (Wildman–Crippen MR) is 122 cm³/mol. The summed E-state index contributed by atoms with van der Waals surface area (Å²) in [6.07, 6.45) is 1.37. The molecule has 0 amide bonds. The number of nitrogens with one attached hydrogen (secondary N) is 1. The van der Waals surface area contributed by atoms with Gasteiger partial charge in [-0.3, -0.25) is 0 Å². The monoisotopic (exact) mass is 395 g/mol. The third-order valence-electron chi connectivity index (χ3n) is 6.26. The molecule has 4 heteroatoms. The van der Waals surface area contributed by atoms with Gasteiger partial charge in [0, 0.05) is 33.8 Å². The summed E-state index contributed by atoms with van der Waals surface area (Å²) in [4.78, 5) is 15.1. The Hall–Kier alpha value is -2.07. The van der Waals surface area contributed by atoms with Gasteiger partial charge in [-0.05, 0) is 47.8 Å². The van der Waals surface area contributed by atoms with E-state index in [9.17, 15) is 4.79 Å². The molecule has 150 valence electrons. The van der Waals surface area contributed by atoms with Crippen molar-refractivity contribution in [2.45, 2.75) is 71.5 Å². The Kier molecular flexibility index (Phi) is 5.71. The van der Waals surface area contributed by atoms with Crippen LogP contribution in [0.4, 0.5) is 0 Å². The van der Waals surface area contributed by atoms with E-state index in [1.165, 1.54) is 10.9 Å². The summed E-state index contributed by atoms with van der Waals surface area (Å²) >= 11 is 0. The van der Waals surface area contributed by atoms with Crippen molar-refractivity contribution in [1.29, 1.82) is 0 Å². The molecule has 1 heterocycles. The van der Waals surface area contributed by atoms with Crippen LogP contribution in [-0.4, -0.2) is 19.6 Å². The Balaban J connectivity index is 2.28. The molecular weight excluding hydrogens is 362 g/mol. The fourth-order valence-corrected chi connectivity index (χ4v) is 10.4. The highest BCUT2D eigenvalue weighted by molar-refractivity contribution is 6.78. The van der Waals surface area contributed by atoms with Crippen molar-refractivity contribution in [3.8, 4) is 5.75 Å². The number of aldehydes is 1. The van der Waals surface area contributed by atoms with Crippen molar-refractivity contribution in [3.63, 3.8) is 0 Å². The lowest BCUT2D eigenvalue weighted by atomic mass is 10.0. The Morgan fingerprint density at radius 2 is 1.57 bits per heavy atom. The van der Waals surface area contributed by atoms with Crippen molar-refractivity contribution in [2.24, 2.45) is 0 Å². The molecule has 3 nitrogen and oxygen atoms in total. The molecule has 0 fully saturated rings. The van der Waals surface area contributed by atoms with Crippen molar-refractivity contribution in [3.05, 3.63) is 41.5 Å². The van der Waals surface area contributed by atoms with Crippen molar-refractivity contribution >= 4 is 36.4 Å². The zero-order chi connectivity index (χ0) is 20.6. The highest BCUT2D eigenvalue weighted by atomic mass is 28.4. The number of fused-ring (bicyclic) bond motifs is 3. The Bertz CT molecular complexity index is 979. The van der Waals surface area contributed by atoms with Crippen LogP contribution >= 0.6 is 0 Å². The lowest BCUT2D eigenvalue weighted by molar-refractivity contribution is -0.107. The number of carbonyl (C=O) groups is 1. The van der Waals surface area contributed by atoms with E-state index in [0.29, 0.717) is 23.0 Å². The lowest BCUT2D eigenvalue weighted by Gasteiger charge is -2.42. The molecule has 0 bridgehead atoms. The number of aromatic nitrogens is 1. The summed E-state index contributed by atoms with van der Waals surface area (Å²) in [5, 5.41) is 2.30. The van der Waals surface area contributed by atoms with Gasteiger partial charge in [-0.1, -0.05) is 53.2 Å². The van der Waals surface area contributed by atoms with Crippen LogP contribution in [0.25, 0.3) is 21.8 Å². The summed E-state index contributed by atoms with van der Waals surface area (Å²) in [7, 11) is -2.10. The second-order valence-corrected chi connectivity index (χ2v) is 14.3. The molecule has 0 spiro atoms. The van der Waals surface area contributed by atoms with Crippen LogP contribution in [0, 0.1) is 6.92 Å². The van der Waals surface area contributed by atoms with Crippen LogP contribution in [0.2, 0.25) is 16.6 Å². The van der Waals surface area contributed by atoms with E-state index in [0.717, 1.165) is 34.0 Å². The molecule has 0 saturated carbocycles. The van der Waals surface area contributed by atoms with Crippen molar-refractivity contribution in [2.75, 3.05) is 0 Å². The maximum atomic E-state index is 11.6. The van der Waals surface area contributed by atoms with Gasteiger partial charge >= 0.3 is 0 Å². The normalized spacial score (nSPS) is 12.6. The average Bonchev–Trinajstić information content (AvgIpc) is 2.98. The molecular formula is C24H33NO2Si. The molecule has 0 aliphatic heterocycles. The van der Waals surface area contributed by atoms with Gasteiger partial charge in [0.1, 0.15) is 12.0 Å². The molecule has 0 aliphatic carbocycles. The Morgan fingerprint density at radius 1 is 0.964 bits per heavy atom. The van der Waals surface area contributed by atoms with Crippen LogP contribution in [0.5, 0.6) is 5.75 Å². The first-order chi connectivity index (χ1) is 13.2. The number of hydrogen-bond acceptors (Lipinski definition) is 2. The SMILES string of the molecule is Cc1ccc2[nH]c3ccc(O[Si](C(C)C)(C(C)C)C(C)C)c(CC=O)c3c2c1. The number of hydrogen-bond donors (Lipinski definition) is 1. The maximum Gasteiger partial charge on any atom is 0.258 e. The van der Waals surface area contributed by atoms with Gasteiger partial charge in [0.2, 0.25) is 0 Å². The zero-order valence-electron chi connectivity index (χ0n) is 18.2. The van der Waals surface area contributed by atoms with E-state index in [-0.39, 0.29) is 0 Å². The molecule has 0 atom stereocenters. The minimum Gasteiger partial charge on any atom is -0.542 e. The summed E-state index contributed by atoms with van der Waals surface area (Å²) in [6, 6.07) is 10.6. The van der Waals surface area contributed by atoms with Crippen LogP contribution in [-0.2, 0) is 11.2 Å². The first-order valence-corrected chi connectivity index (χ1v) is 12.5. The van der Waals surface area contributed by atoms with Gasteiger partial charge in [0.05, 0.1) is 0 Å². The zero-order valence-corrected chi connectivity index (χ0v) is 19.2. The minimum atomic E-state index is -2.10. The van der Waals surface area contributed by atoms with Crippen LogP contribution in [0.1, 0.15) is 52.7 Å². The second kappa shape index (κ2) is 7.74. The Labute approximate surface area is 169 Å². The highest BCUT2D eigenvalue weighted by Crippen LogP contribution is 2.45. The average molecular weight is 396 g/mol. The molecule has 1 aromatic heterocycles. The third-order valence-corrected chi connectivity index (χ3v) is 12.3. The third kappa shape index (κ3) is 3.28. The molecule has 28 heavy (non-hydrogen) atoms. The van der Waals surface area contributed by atoms with Gasteiger partial charge in [-0.15, -0.1) is 0 Å². The van der Waals surface area contributed by atoms with Gasteiger partial charge in [-0.25, -0.2) is 0 Å². The number of rotatable bonds is 7. The molecule has 0 aliphatic rings. The molecule has 3 rings (SSSR count). The Morgan fingerprint density at radius 3 is 2.14 bits per heavy atom. The molecule has 0 unspecified atom stereocenters. The first kappa shape index (κ1) is 20.7. The van der Waals surface area contributed by atoms with Crippen LogP contribution in [0.3, 0.4) is 0 Å². The molecule has 1 N–H and O–H groups in total. The summed E-state index contributed by atoms with van der Waals surface area (Å²) in [5.74, 6) is 0.893. The van der Waals surface area contributed by atoms with Gasteiger partial charge in [0.25, 0.3) is 8.32 Å². The van der Waals surface area contributed by atoms with E-state index < -0.39 is 8.32 Å². The maximum absolute atomic E-state index is 11.6. The largest absolute Gasteiger partial charge is 0.542 e. The molecule has 0 saturated heterocycles. The summed E-state index contributed by atoms with van der Waals surface area (Å²) < 4.78 is 6.99. The summed E-state index contributed by atoms with van der Waals surface area (Å²) in [5.41, 5.74) is 5.85. The van der Waals surface area contributed by atoms with E-state index in [2.05, 4.69) is 83.8 Å². The van der Waals surface area contributed by atoms with Crippen molar-refractivity contribution < 1.29 is 9.22 Å². The van der Waals surface area contributed by atoms with Gasteiger partial charge in [-0.2, -0.15) is 0 Å². The van der Waals surface area contributed by atoms with Crippen LogP contribution < -0.4 is 4.43 Å². The number of aromatic amines is 1. The predicted octanol–water partition coefficient (Wildman–Crippen LogP) is 6.93. The first-order valence-electron chi connectivity index (χ1n) is 10.4. The van der Waals surface area contributed by atoms with E-state index in [1.54, 1.807) is 0 Å². The standard InChI is InChI=1S/C24H33NO2Si/c1-15(2)28(16(3)4,17(5)6)27-23-11-10-22-24(19(23)12-13-26)20-14-18(7)8-9-21(20)25-22/h8-11,13-17,25H,12H2,1-7H3. The lowest BCUT2D eigenvalue weighted by Crippen LogP contribution is -2.50. The molecule has 2 aromatic carbocycles. The van der Waals surface area contributed by atoms with E-state index >= 15 is 0 Å². The smallest absolute Gasteiger partial charge is 0.258 e. The quantitative estimate of drug-likeness (QED) is 0.348. The fourth-order valence-electron chi connectivity index (χ4n) is 5.09.